The Bertz CT molecular complexity index is 784. The Kier molecular flexibility index (Phi) is 12.3. The Hall–Kier alpha value is -2.64. The molecule has 2 rings (SSSR count). The third-order valence-electron chi connectivity index (χ3n) is 4.16. The summed E-state index contributed by atoms with van der Waals surface area (Å²) >= 11 is 0. The maximum Gasteiger partial charge on any atom is 0.250 e. The second kappa shape index (κ2) is 13.5. The predicted octanol–water partition coefficient (Wildman–Crippen LogP) is 2.64. The van der Waals surface area contributed by atoms with Crippen molar-refractivity contribution in [2.45, 2.75) is 20.3 Å². The minimum absolute atomic E-state index is 0.0149. The molecule has 2 N–H and O–H groups in total. The number of rotatable bonds is 7. The lowest BCUT2D eigenvalue weighted by molar-refractivity contribution is -0.128. The first-order valence-electron chi connectivity index (χ1n) is 9.67. The van der Waals surface area contributed by atoms with Crippen LogP contribution in [0.3, 0.4) is 0 Å². The molecule has 0 aliphatic rings. The molecule has 0 saturated carbocycles. The Balaban J connectivity index is 0.00000184. The summed E-state index contributed by atoms with van der Waals surface area (Å²) in [6.07, 6.45) is 2.67. The van der Waals surface area contributed by atoms with Crippen LogP contribution in [-0.4, -0.2) is 74.1 Å². The minimum atomic E-state index is -0.265. The molecule has 7 nitrogen and oxygen atoms in total. The Morgan fingerprint density at radius 2 is 1.79 bits per heavy atom. The van der Waals surface area contributed by atoms with Gasteiger partial charge in [-0.2, -0.15) is 0 Å². The van der Waals surface area contributed by atoms with Crippen LogP contribution in [0, 0.1) is 0 Å². The number of nitrogens with zero attached hydrogens (tertiary/aromatic N) is 3. The van der Waals surface area contributed by atoms with Crippen molar-refractivity contribution in [2.75, 3.05) is 47.9 Å². The van der Waals surface area contributed by atoms with Crippen LogP contribution < -0.4 is 10.5 Å². The molecule has 0 aliphatic heterocycles. The molecule has 0 atom stereocenters. The van der Waals surface area contributed by atoms with E-state index < -0.39 is 0 Å². The van der Waals surface area contributed by atoms with Crippen molar-refractivity contribution in [3.63, 3.8) is 0 Å². The Morgan fingerprint density at radius 1 is 1.17 bits per heavy atom. The highest BCUT2D eigenvalue weighted by Gasteiger charge is 2.17. The second-order valence-electron chi connectivity index (χ2n) is 6.31. The van der Waals surface area contributed by atoms with Gasteiger partial charge in [-0.15, -0.1) is 13.2 Å². The van der Waals surface area contributed by atoms with E-state index in [-0.39, 0.29) is 24.9 Å². The lowest BCUT2D eigenvalue weighted by Crippen LogP contribution is -2.37. The summed E-state index contributed by atoms with van der Waals surface area (Å²) in [5.74, 6) is 0.314. The molecule has 0 radical (unpaired) electrons. The molecule has 0 unspecified atom stereocenters. The number of nitrogens with two attached hydrogens (primary N) is 1. The molecule has 2 aromatic rings. The fraction of sp³-hybridized carbons (Fsp3) is 0.455. The van der Waals surface area contributed by atoms with E-state index in [0.29, 0.717) is 0 Å². The zero-order valence-electron chi connectivity index (χ0n) is 18.7. The molecule has 1 amide bonds. The van der Waals surface area contributed by atoms with Gasteiger partial charge in [0.1, 0.15) is 12.3 Å². The zero-order chi connectivity index (χ0) is 22.6. The second-order valence-corrected chi connectivity index (χ2v) is 6.31. The van der Waals surface area contributed by atoms with Crippen molar-refractivity contribution in [1.82, 2.24) is 14.4 Å². The number of fused-ring (bicyclic) bond motifs is 1. The largest absolute Gasteiger partial charge is 0.497 e. The lowest BCUT2D eigenvalue weighted by atomic mass is 10.1. The summed E-state index contributed by atoms with van der Waals surface area (Å²) in [5.41, 5.74) is 7.24. The smallest absolute Gasteiger partial charge is 0.250 e. The molecule has 29 heavy (non-hydrogen) atoms. The van der Waals surface area contributed by atoms with E-state index in [9.17, 15) is 9.59 Å². The van der Waals surface area contributed by atoms with Crippen LogP contribution in [0.2, 0.25) is 0 Å². The zero-order valence-corrected chi connectivity index (χ0v) is 18.7. The normalized spacial score (nSPS) is 9.93. The SMILES string of the molecule is C=C.CC.COc1ccc2c(c1)c(CCN(C)C)cn2C(=O)CN(C)C(=O)CN. The Labute approximate surface area is 174 Å². The minimum Gasteiger partial charge on any atom is -0.497 e. The van der Waals surface area contributed by atoms with E-state index in [0.717, 1.165) is 35.2 Å². The number of benzene rings is 1. The number of hydrogen-bond acceptors (Lipinski definition) is 5. The summed E-state index contributed by atoms with van der Waals surface area (Å²) in [6.45, 7) is 10.7. The van der Waals surface area contributed by atoms with E-state index in [4.69, 9.17) is 10.5 Å². The summed E-state index contributed by atoms with van der Waals surface area (Å²) < 4.78 is 6.92. The maximum absolute atomic E-state index is 12.7. The van der Waals surface area contributed by atoms with Crippen molar-refractivity contribution >= 4 is 22.7 Å². The molecule has 162 valence electrons. The first-order valence-corrected chi connectivity index (χ1v) is 9.67. The van der Waals surface area contributed by atoms with Crippen LogP contribution in [0.4, 0.5) is 0 Å². The van der Waals surface area contributed by atoms with E-state index in [1.165, 1.54) is 4.90 Å². The topological polar surface area (TPSA) is 80.8 Å². The van der Waals surface area contributed by atoms with Crippen molar-refractivity contribution in [3.05, 3.63) is 43.1 Å². The average molecular weight is 405 g/mol. The van der Waals surface area contributed by atoms with Gasteiger partial charge in [-0.3, -0.25) is 14.2 Å². The molecule has 1 heterocycles. The number of carbonyl (C=O) groups excluding carboxylic acids is 2. The van der Waals surface area contributed by atoms with Gasteiger partial charge in [0.15, 0.2) is 0 Å². The van der Waals surface area contributed by atoms with E-state index in [2.05, 4.69) is 18.1 Å². The first-order chi connectivity index (χ1) is 13.9. The standard InChI is InChI=1S/C18H26N4O3.C2H6.C2H4/c1-20(2)8-7-13-11-22(18(24)12-21(3)17(23)10-19)16-6-5-14(25-4)9-15(13)16;2*1-2/h5-6,9,11H,7-8,10,12,19H2,1-4H3;1-2H3;1-2H2. The molecule has 0 bridgehead atoms. The maximum atomic E-state index is 12.7. The molecule has 1 aromatic heterocycles. The van der Waals surface area contributed by atoms with Gasteiger partial charge in [0.05, 0.1) is 19.2 Å². The van der Waals surface area contributed by atoms with Gasteiger partial charge in [-0.25, -0.2) is 0 Å². The van der Waals surface area contributed by atoms with Crippen LogP contribution >= 0.6 is 0 Å². The molecule has 0 fully saturated rings. The van der Waals surface area contributed by atoms with E-state index in [1.54, 1.807) is 18.7 Å². The van der Waals surface area contributed by atoms with Gasteiger partial charge in [0.25, 0.3) is 5.91 Å². The quantitative estimate of drug-likeness (QED) is 0.718. The number of ether oxygens (including phenoxy) is 1. The van der Waals surface area contributed by atoms with Crippen molar-refractivity contribution in [2.24, 2.45) is 5.73 Å². The fourth-order valence-corrected chi connectivity index (χ4v) is 2.68. The van der Waals surface area contributed by atoms with Crippen LogP contribution in [0.15, 0.2) is 37.6 Å². The molecule has 7 heteroatoms. The Morgan fingerprint density at radius 3 is 2.31 bits per heavy atom. The number of methoxy groups -OCH3 is 1. The number of amides is 1. The van der Waals surface area contributed by atoms with Gasteiger partial charge >= 0.3 is 0 Å². The van der Waals surface area contributed by atoms with Gasteiger partial charge in [-0.05, 0) is 44.3 Å². The van der Waals surface area contributed by atoms with E-state index >= 15 is 0 Å². The third kappa shape index (κ3) is 7.36. The molecule has 1 aromatic carbocycles. The summed E-state index contributed by atoms with van der Waals surface area (Å²) in [6, 6.07) is 5.64. The van der Waals surface area contributed by atoms with Crippen molar-refractivity contribution in [3.8, 4) is 5.75 Å². The number of likely N-dealkylation sites (N-methyl/N-ethyl adjacent to an activating group) is 2. The highest BCUT2D eigenvalue weighted by Crippen LogP contribution is 2.26. The number of carbonyl (C=O) groups is 2. The molecule has 0 saturated heterocycles. The highest BCUT2D eigenvalue weighted by atomic mass is 16.5. The number of hydrogen-bond donors (Lipinski definition) is 1. The molecular formula is C22H36N4O3. The third-order valence-corrected chi connectivity index (χ3v) is 4.16. The van der Waals surface area contributed by atoms with Crippen LogP contribution in [0.1, 0.15) is 24.2 Å². The first kappa shape index (κ1) is 26.4. The fourth-order valence-electron chi connectivity index (χ4n) is 2.68. The lowest BCUT2D eigenvalue weighted by Gasteiger charge is -2.15. The molecule has 0 spiro atoms. The summed E-state index contributed by atoms with van der Waals surface area (Å²) in [5, 5.41) is 0.988. The summed E-state index contributed by atoms with van der Waals surface area (Å²) in [4.78, 5) is 27.7. The van der Waals surface area contributed by atoms with Crippen LogP contribution in [0.5, 0.6) is 5.75 Å². The molecule has 0 aliphatic carbocycles. The number of aromatic nitrogens is 1. The van der Waals surface area contributed by atoms with E-state index in [1.807, 2.05) is 52.3 Å². The van der Waals surface area contributed by atoms with Crippen molar-refractivity contribution in [1.29, 1.82) is 0 Å². The van der Waals surface area contributed by atoms with Gasteiger partial charge < -0.3 is 20.3 Å². The van der Waals surface area contributed by atoms with Gasteiger partial charge in [0.2, 0.25) is 5.91 Å². The van der Waals surface area contributed by atoms with Crippen LogP contribution in [-0.2, 0) is 11.2 Å². The highest BCUT2D eigenvalue weighted by molar-refractivity contribution is 5.97. The van der Waals surface area contributed by atoms with Gasteiger partial charge in [-0.1, -0.05) is 13.8 Å². The summed E-state index contributed by atoms with van der Waals surface area (Å²) in [7, 11) is 7.22. The predicted molar refractivity (Wildman–Crippen MR) is 121 cm³/mol. The van der Waals surface area contributed by atoms with Gasteiger partial charge in [0, 0.05) is 25.2 Å². The van der Waals surface area contributed by atoms with Crippen molar-refractivity contribution < 1.29 is 14.3 Å². The monoisotopic (exact) mass is 404 g/mol. The van der Waals surface area contributed by atoms with Crippen LogP contribution in [0.25, 0.3) is 10.9 Å². The molecular weight excluding hydrogens is 368 g/mol. The average Bonchev–Trinajstić information content (AvgIpc) is 3.12.